The third kappa shape index (κ3) is 6.30. The van der Waals surface area contributed by atoms with Gasteiger partial charge in [0, 0.05) is 46.1 Å². The summed E-state index contributed by atoms with van der Waals surface area (Å²) in [5.41, 5.74) is 4.76. The number of carbonyl (C=O) groups excluding carboxylic acids is 1. The molecular formula is C26H25ClN6O. The van der Waals surface area contributed by atoms with E-state index in [1.807, 2.05) is 56.4 Å². The zero-order valence-electron chi connectivity index (χ0n) is 19.0. The highest BCUT2D eigenvalue weighted by Crippen LogP contribution is 2.18. The number of rotatable bonds is 6. The highest BCUT2D eigenvalue weighted by Gasteiger charge is 2.08. The number of aliphatic imine (C=N–C) groups is 1. The van der Waals surface area contributed by atoms with Crippen LogP contribution in [0.4, 0.5) is 5.95 Å². The Morgan fingerprint density at radius 2 is 1.82 bits per heavy atom. The van der Waals surface area contributed by atoms with E-state index in [-0.39, 0.29) is 11.9 Å². The molecule has 2 aromatic heterocycles. The van der Waals surface area contributed by atoms with E-state index in [1.54, 1.807) is 18.2 Å². The lowest BCUT2D eigenvalue weighted by Crippen LogP contribution is -2.35. The van der Waals surface area contributed by atoms with Crippen LogP contribution in [-0.2, 0) is 11.2 Å². The first-order valence-corrected chi connectivity index (χ1v) is 11.3. The van der Waals surface area contributed by atoms with Crippen LogP contribution in [-0.4, -0.2) is 33.4 Å². The number of hydrogen-bond acceptors (Lipinski definition) is 4. The largest absolute Gasteiger partial charge is 0.361 e. The van der Waals surface area contributed by atoms with Crippen molar-refractivity contribution >= 4 is 46.4 Å². The van der Waals surface area contributed by atoms with Gasteiger partial charge in [-0.15, -0.1) is 0 Å². The summed E-state index contributed by atoms with van der Waals surface area (Å²) in [5.74, 6) is 0.346. The first-order chi connectivity index (χ1) is 16.5. The minimum atomic E-state index is -0.322. The Bertz CT molecular complexity index is 1340. The molecule has 3 N–H and O–H groups in total. The molecule has 0 bridgehead atoms. The number of fused-ring (bicyclic) bond motifs is 1. The van der Waals surface area contributed by atoms with Crippen molar-refractivity contribution in [2.75, 3.05) is 11.9 Å². The van der Waals surface area contributed by atoms with Gasteiger partial charge in [-0.2, -0.15) is 0 Å². The molecule has 0 atom stereocenters. The topological polar surface area (TPSA) is 95.1 Å². The van der Waals surface area contributed by atoms with E-state index >= 15 is 0 Å². The summed E-state index contributed by atoms with van der Waals surface area (Å²) in [5, 5.41) is 7.66. The van der Waals surface area contributed by atoms with Gasteiger partial charge >= 0.3 is 0 Å². The summed E-state index contributed by atoms with van der Waals surface area (Å²) in [6, 6.07) is 17.2. The van der Waals surface area contributed by atoms with Crippen LogP contribution >= 0.6 is 11.6 Å². The first kappa shape index (κ1) is 23.2. The molecule has 0 radical (unpaired) electrons. The van der Waals surface area contributed by atoms with Gasteiger partial charge in [0.25, 0.3) is 5.91 Å². The van der Waals surface area contributed by atoms with Gasteiger partial charge in [0.05, 0.1) is 0 Å². The number of aromatic amines is 1. The monoisotopic (exact) mass is 472 g/mol. The van der Waals surface area contributed by atoms with Crippen molar-refractivity contribution in [3.63, 3.8) is 0 Å². The van der Waals surface area contributed by atoms with Gasteiger partial charge in [0.1, 0.15) is 0 Å². The second-order valence-electron chi connectivity index (χ2n) is 7.81. The molecule has 1 amide bonds. The molecule has 34 heavy (non-hydrogen) atoms. The fourth-order valence-electron chi connectivity index (χ4n) is 3.53. The zero-order valence-corrected chi connectivity index (χ0v) is 19.7. The Morgan fingerprint density at radius 3 is 2.59 bits per heavy atom. The number of hydrogen-bond donors (Lipinski definition) is 3. The number of benzene rings is 2. The first-order valence-electron chi connectivity index (χ1n) is 10.9. The van der Waals surface area contributed by atoms with E-state index in [4.69, 9.17) is 11.6 Å². The van der Waals surface area contributed by atoms with Gasteiger partial charge in [0.2, 0.25) is 11.9 Å². The van der Waals surface area contributed by atoms with Crippen molar-refractivity contribution in [2.24, 2.45) is 4.99 Å². The number of halogens is 1. The summed E-state index contributed by atoms with van der Waals surface area (Å²) in [7, 11) is 0. The van der Waals surface area contributed by atoms with Crippen LogP contribution in [0.2, 0.25) is 5.02 Å². The molecule has 0 saturated carbocycles. The number of para-hydroxylation sites is 1. The lowest BCUT2D eigenvalue weighted by molar-refractivity contribution is -0.115. The Balaban J connectivity index is 1.49. The number of aromatic nitrogens is 3. The number of aryl methyl sites for hydroxylation is 2. The highest BCUT2D eigenvalue weighted by molar-refractivity contribution is 6.30. The summed E-state index contributed by atoms with van der Waals surface area (Å²) in [6.07, 6.45) is 5.86. The molecule has 0 fully saturated rings. The second-order valence-corrected chi connectivity index (χ2v) is 8.25. The quantitative estimate of drug-likeness (QED) is 0.207. The van der Waals surface area contributed by atoms with Gasteiger partial charge in [-0.1, -0.05) is 41.9 Å². The number of H-pyrrole nitrogens is 1. The van der Waals surface area contributed by atoms with Crippen LogP contribution in [0.5, 0.6) is 0 Å². The molecule has 0 saturated heterocycles. The van der Waals surface area contributed by atoms with E-state index in [1.165, 1.54) is 11.5 Å². The third-order valence-electron chi connectivity index (χ3n) is 5.08. The molecule has 8 heteroatoms. The molecule has 0 unspecified atom stereocenters. The number of guanidine groups is 1. The van der Waals surface area contributed by atoms with E-state index in [0.29, 0.717) is 23.9 Å². The molecule has 7 nitrogen and oxygen atoms in total. The maximum Gasteiger partial charge on any atom is 0.250 e. The predicted molar refractivity (Wildman–Crippen MR) is 138 cm³/mol. The summed E-state index contributed by atoms with van der Waals surface area (Å²) < 4.78 is 0. The van der Waals surface area contributed by atoms with Crippen molar-refractivity contribution in [2.45, 2.75) is 20.3 Å². The number of anilines is 1. The molecule has 2 aromatic carbocycles. The number of nitrogens with one attached hydrogen (secondary N) is 3. The molecule has 0 aliphatic rings. The molecule has 0 spiro atoms. The van der Waals surface area contributed by atoms with Crippen molar-refractivity contribution in [3.05, 3.63) is 94.4 Å². The molecular weight excluding hydrogens is 448 g/mol. The van der Waals surface area contributed by atoms with Crippen LogP contribution in [0.25, 0.3) is 17.0 Å². The minimum absolute atomic E-state index is 0.288. The summed E-state index contributed by atoms with van der Waals surface area (Å²) >= 11 is 5.92. The van der Waals surface area contributed by atoms with E-state index in [2.05, 4.69) is 36.6 Å². The fraction of sp³-hybridized carbons (Fsp3) is 0.154. The molecule has 0 aliphatic heterocycles. The van der Waals surface area contributed by atoms with Crippen LogP contribution in [0.1, 0.15) is 22.5 Å². The van der Waals surface area contributed by atoms with Crippen LogP contribution < -0.4 is 10.6 Å². The third-order valence-corrected chi connectivity index (χ3v) is 5.33. The lowest BCUT2D eigenvalue weighted by Gasteiger charge is -2.10. The van der Waals surface area contributed by atoms with Crippen LogP contribution in [0.15, 0.2) is 71.9 Å². The predicted octanol–water partition coefficient (Wildman–Crippen LogP) is 5.07. The van der Waals surface area contributed by atoms with Crippen LogP contribution in [0.3, 0.4) is 0 Å². The van der Waals surface area contributed by atoms with E-state index in [0.717, 1.165) is 28.0 Å². The van der Waals surface area contributed by atoms with Gasteiger partial charge < -0.3 is 4.98 Å². The van der Waals surface area contributed by atoms with Gasteiger partial charge in [-0.25, -0.2) is 9.97 Å². The van der Waals surface area contributed by atoms with Crippen molar-refractivity contribution in [1.29, 1.82) is 0 Å². The van der Waals surface area contributed by atoms with Crippen LogP contribution in [0, 0.1) is 13.8 Å². The maximum atomic E-state index is 12.6. The number of amides is 1. The van der Waals surface area contributed by atoms with Crippen molar-refractivity contribution < 1.29 is 4.79 Å². The summed E-state index contributed by atoms with van der Waals surface area (Å²) in [4.78, 5) is 29.2. The Kier molecular flexibility index (Phi) is 7.34. The number of nitrogens with zero attached hydrogens (tertiary/aromatic N) is 3. The van der Waals surface area contributed by atoms with Gasteiger partial charge in [0.15, 0.2) is 0 Å². The highest BCUT2D eigenvalue weighted by atomic mass is 35.5. The average molecular weight is 473 g/mol. The molecule has 2 heterocycles. The molecule has 0 aliphatic carbocycles. The van der Waals surface area contributed by atoms with E-state index < -0.39 is 0 Å². The minimum Gasteiger partial charge on any atom is -0.361 e. The van der Waals surface area contributed by atoms with Gasteiger partial charge in [-0.3, -0.25) is 20.4 Å². The number of carbonyl (C=O) groups is 1. The molecule has 172 valence electrons. The lowest BCUT2D eigenvalue weighted by atomic mass is 10.1. The standard InChI is InChI=1S/C26H25ClN6O/c1-17-15-18(2)31-26(30-17)33-25(32-24(34)12-9-19-7-10-21(27)11-8-19)28-14-13-20-16-29-23-6-4-3-5-22(20)23/h3-12,15-16,29H,13-14H2,1-2H3,(H2,28,30,31,32,33,34). The summed E-state index contributed by atoms with van der Waals surface area (Å²) in [6.45, 7) is 4.25. The van der Waals surface area contributed by atoms with E-state index in [9.17, 15) is 4.79 Å². The Labute approximate surface area is 203 Å². The zero-order chi connectivity index (χ0) is 23.9. The smallest absolute Gasteiger partial charge is 0.250 e. The van der Waals surface area contributed by atoms with Crippen molar-refractivity contribution in [3.8, 4) is 0 Å². The molecule has 4 rings (SSSR count). The normalized spacial score (nSPS) is 11.8. The Morgan fingerprint density at radius 1 is 1.09 bits per heavy atom. The maximum absolute atomic E-state index is 12.6. The van der Waals surface area contributed by atoms with Crippen molar-refractivity contribution in [1.82, 2.24) is 20.3 Å². The second kappa shape index (κ2) is 10.8. The fourth-order valence-corrected chi connectivity index (χ4v) is 3.65. The Hall–Kier alpha value is -3.97. The van der Waals surface area contributed by atoms with Gasteiger partial charge in [-0.05, 0) is 61.7 Å². The average Bonchev–Trinajstić information content (AvgIpc) is 3.21. The molecule has 4 aromatic rings. The SMILES string of the molecule is Cc1cc(C)nc(NC(=NCCc2c[nH]c3ccccc23)NC(=O)C=Cc2ccc(Cl)cc2)n1.